The maximum atomic E-state index is 8.70. The summed E-state index contributed by atoms with van der Waals surface area (Å²) in [5.74, 6) is 0. The van der Waals surface area contributed by atoms with Crippen molar-refractivity contribution in [2.24, 2.45) is 0 Å². The molecule has 0 atom stereocenters. The number of nitriles is 1. The molecule has 0 saturated carbocycles. The van der Waals surface area contributed by atoms with Crippen LogP contribution in [0.3, 0.4) is 0 Å². The van der Waals surface area contributed by atoms with Crippen molar-refractivity contribution in [3.63, 3.8) is 0 Å². The van der Waals surface area contributed by atoms with Crippen molar-refractivity contribution in [2.75, 3.05) is 0 Å². The Labute approximate surface area is 104 Å². The minimum absolute atomic E-state index is 0.428. The second kappa shape index (κ2) is 9.01. The van der Waals surface area contributed by atoms with E-state index >= 15 is 0 Å². The molecule has 0 aliphatic carbocycles. The fourth-order valence-electron chi connectivity index (χ4n) is 1.44. The second-order valence-corrected chi connectivity index (χ2v) is 3.31. The van der Waals surface area contributed by atoms with Crippen molar-refractivity contribution in [1.82, 2.24) is 0 Å². The van der Waals surface area contributed by atoms with E-state index in [2.05, 4.69) is 56.7 Å². The molecule has 0 aliphatic rings. The molecule has 0 radical (unpaired) electrons. The normalized spacial score (nSPS) is 9.65. The summed E-state index contributed by atoms with van der Waals surface area (Å²) < 4.78 is 0. The Kier molecular flexibility index (Phi) is 7.82. The monoisotopic (exact) mass is 223 g/mol. The van der Waals surface area contributed by atoms with E-state index in [1.165, 1.54) is 5.56 Å². The van der Waals surface area contributed by atoms with Gasteiger partial charge in [0.2, 0.25) is 0 Å². The second-order valence-electron chi connectivity index (χ2n) is 3.31. The van der Waals surface area contributed by atoms with E-state index in [9.17, 15) is 0 Å². The first-order valence-corrected chi connectivity index (χ1v) is 5.43. The molecule has 0 amide bonds. The van der Waals surface area contributed by atoms with Crippen LogP contribution < -0.4 is 0 Å². The zero-order valence-electron chi connectivity index (χ0n) is 10.2. The predicted octanol–water partition coefficient (Wildman–Crippen LogP) is 3.98. The van der Waals surface area contributed by atoms with Gasteiger partial charge in [-0.2, -0.15) is 5.26 Å². The van der Waals surface area contributed by atoms with Gasteiger partial charge in [-0.25, -0.2) is 0 Å². The highest BCUT2D eigenvalue weighted by Gasteiger charge is 1.99. The van der Waals surface area contributed by atoms with Gasteiger partial charge in [-0.1, -0.05) is 49.9 Å². The van der Waals surface area contributed by atoms with Crippen molar-refractivity contribution in [3.8, 4) is 18.9 Å². The van der Waals surface area contributed by atoms with Crippen LogP contribution in [-0.2, 0) is 6.42 Å². The number of hydrogen-bond acceptors (Lipinski definition) is 1. The molecule has 0 fully saturated rings. The molecule has 0 aromatic heterocycles. The summed E-state index contributed by atoms with van der Waals surface area (Å²) in [6.45, 7) is 5.79. The summed E-state index contributed by atoms with van der Waals surface area (Å²) in [5, 5.41) is 8.70. The number of rotatable bonds is 4. The molecule has 1 heteroatoms. The molecular formula is C16H17N. The fourth-order valence-corrected chi connectivity index (χ4v) is 1.44. The molecule has 1 aromatic carbocycles. The third-order valence-corrected chi connectivity index (χ3v) is 2.32. The van der Waals surface area contributed by atoms with Gasteiger partial charge in [0, 0.05) is 0 Å². The first-order valence-electron chi connectivity index (χ1n) is 5.43. The summed E-state index contributed by atoms with van der Waals surface area (Å²) in [6, 6.07) is 10.5. The molecule has 86 valence electrons. The zero-order valence-corrected chi connectivity index (χ0v) is 10.2. The van der Waals surface area contributed by atoms with Crippen LogP contribution in [-0.4, -0.2) is 0 Å². The van der Waals surface area contributed by atoms with Gasteiger partial charge >= 0.3 is 0 Å². The Morgan fingerprint density at radius 2 is 1.94 bits per heavy atom. The SMILES string of the molecule is C#C.C=C/C=C(\CC#N)c1ccc(CC)cc1. The van der Waals surface area contributed by atoms with Crippen LogP contribution in [0.25, 0.3) is 5.57 Å². The van der Waals surface area contributed by atoms with Crippen LogP contribution >= 0.6 is 0 Å². The number of aryl methyl sites for hydroxylation is 1. The molecule has 0 saturated heterocycles. The van der Waals surface area contributed by atoms with Crippen LogP contribution in [0.4, 0.5) is 0 Å². The van der Waals surface area contributed by atoms with E-state index in [0.29, 0.717) is 6.42 Å². The lowest BCUT2D eigenvalue weighted by molar-refractivity contribution is 1.14. The molecule has 1 nitrogen and oxygen atoms in total. The van der Waals surface area contributed by atoms with Crippen LogP contribution in [0.1, 0.15) is 24.5 Å². The maximum Gasteiger partial charge on any atom is 0.0669 e. The van der Waals surface area contributed by atoms with E-state index in [1.54, 1.807) is 6.08 Å². The van der Waals surface area contributed by atoms with Crippen molar-refractivity contribution in [2.45, 2.75) is 19.8 Å². The van der Waals surface area contributed by atoms with Gasteiger partial charge in [0.25, 0.3) is 0 Å². The van der Waals surface area contributed by atoms with E-state index in [4.69, 9.17) is 5.26 Å². The summed E-state index contributed by atoms with van der Waals surface area (Å²) in [5.41, 5.74) is 3.44. The molecule has 17 heavy (non-hydrogen) atoms. The molecule has 1 aromatic rings. The van der Waals surface area contributed by atoms with Crippen LogP contribution in [0.5, 0.6) is 0 Å². The average Bonchev–Trinajstić information content (AvgIpc) is 2.41. The topological polar surface area (TPSA) is 23.8 Å². The van der Waals surface area contributed by atoms with Gasteiger partial charge in [-0.05, 0) is 23.1 Å². The van der Waals surface area contributed by atoms with Crippen LogP contribution in [0.15, 0.2) is 43.0 Å². The smallest absolute Gasteiger partial charge is 0.0669 e. The molecule has 1 rings (SSSR count). The summed E-state index contributed by atoms with van der Waals surface area (Å²) in [7, 11) is 0. The van der Waals surface area contributed by atoms with E-state index < -0.39 is 0 Å². The van der Waals surface area contributed by atoms with E-state index in [-0.39, 0.29) is 0 Å². The molecule has 0 spiro atoms. The first-order chi connectivity index (χ1) is 8.31. The molecule has 0 N–H and O–H groups in total. The zero-order chi connectivity index (χ0) is 13.1. The van der Waals surface area contributed by atoms with Gasteiger partial charge < -0.3 is 0 Å². The van der Waals surface area contributed by atoms with E-state index in [0.717, 1.165) is 17.6 Å². The number of terminal acetylenes is 1. The molecule has 0 heterocycles. The third kappa shape index (κ3) is 4.87. The summed E-state index contributed by atoms with van der Waals surface area (Å²) >= 11 is 0. The Balaban J connectivity index is 0.00000121. The van der Waals surface area contributed by atoms with Gasteiger partial charge in [0.15, 0.2) is 0 Å². The van der Waals surface area contributed by atoms with Crippen molar-refractivity contribution < 1.29 is 0 Å². The lowest BCUT2D eigenvalue weighted by Crippen LogP contribution is -1.85. The highest BCUT2D eigenvalue weighted by atomic mass is 14.2. The van der Waals surface area contributed by atoms with Gasteiger partial charge in [0.05, 0.1) is 12.5 Å². The minimum atomic E-state index is 0.428. The van der Waals surface area contributed by atoms with Crippen molar-refractivity contribution in [3.05, 3.63) is 54.1 Å². The average molecular weight is 223 g/mol. The van der Waals surface area contributed by atoms with Crippen molar-refractivity contribution >= 4 is 5.57 Å². The number of benzene rings is 1. The molecule has 0 bridgehead atoms. The predicted molar refractivity (Wildman–Crippen MR) is 74.1 cm³/mol. The minimum Gasteiger partial charge on any atom is -0.198 e. The Morgan fingerprint density at radius 3 is 2.35 bits per heavy atom. The third-order valence-electron chi connectivity index (χ3n) is 2.32. The number of allylic oxidation sites excluding steroid dienone is 3. The standard InChI is InChI=1S/C14H15N.C2H2/c1-3-5-13(10-11-15)14-8-6-12(4-2)7-9-14;1-2/h3,5-9H,1,4,10H2,2H3;1-2H/b13-5+;. The number of nitrogens with zero attached hydrogens (tertiary/aromatic N) is 1. The lowest BCUT2D eigenvalue weighted by atomic mass is 10.0. The quantitative estimate of drug-likeness (QED) is 0.559. The summed E-state index contributed by atoms with van der Waals surface area (Å²) in [4.78, 5) is 0. The maximum absolute atomic E-state index is 8.70. The first kappa shape index (κ1) is 14.8. The Bertz CT molecular complexity index is 427. The molecule has 0 unspecified atom stereocenters. The van der Waals surface area contributed by atoms with Gasteiger partial charge in [-0.3, -0.25) is 0 Å². The summed E-state index contributed by atoms with van der Waals surface area (Å²) in [6.07, 6.45) is 13.1. The van der Waals surface area contributed by atoms with E-state index in [1.807, 2.05) is 6.08 Å². The van der Waals surface area contributed by atoms with Crippen molar-refractivity contribution in [1.29, 1.82) is 5.26 Å². The highest BCUT2D eigenvalue weighted by Crippen LogP contribution is 2.18. The van der Waals surface area contributed by atoms with Gasteiger partial charge in [-0.15, -0.1) is 12.8 Å². The Hall–Kier alpha value is -2.25. The van der Waals surface area contributed by atoms with Crippen LogP contribution in [0, 0.1) is 24.2 Å². The molecule has 0 aliphatic heterocycles. The van der Waals surface area contributed by atoms with Crippen LogP contribution in [0.2, 0.25) is 0 Å². The highest BCUT2D eigenvalue weighted by molar-refractivity contribution is 5.68. The lowest BCUT2D eigenvalue weighted by Gasteiger charge is -2.03. The fraction of sp³-hybridized carbons (Fsp3) is 0.188. The largest absolute Gasteiger partial charge is 0.198 e. The number of hydrogen-bond donors (Lipinski definition) is 0. The molecular weight excluding hydrogens is 206 g/mol. The Morgan fingerprint density at radius 1 is 1.35 bits per heavy atom. The van der Waals surface area contributed by atoms with Gasteiger partial charge in [0.1, 0.15) is 0 Å².